The first-order valence-corrected chi connectivity index (χ1v) is 14.2. The number of hydrogen-bond donors (Lipinski definition) is 1. The van der Waals surface area contributed by atoms with E-state index in [1.54, 1.807) is 29.2 Å². The van der Waals surface area contributed by atoms with Gasteiger partial charge in [-0.15, -0.1) is 0 Å². The number of pyridine rings is 1. The van der Waals surface area contributed by atoms with Crippen LogP contribution in [0.4, 0.5) is 5.69 Å². The zero-order chi connectivity index (χ0) is 30.9. The van der Waals surface area contributed by atoms with Crippen molar-refractivity contribution in [1.82, 2.24) is 24.6 Å². The van der Waals surface area contributed by atoms with Gasteiger partial charge in [-0.1, -0.05) is 30.3 Å². The number of rotatable bonds is 11. The molecular weight excluding hydrogens is 556 g/mol. The lowest BCUT2D eigenvalue weighted by molar-refractivity contribution is -0.161. The predicted molar refractivity (Wildman–Crippen MR) is 156 cm³/mol. The number of amides is 3. The van der Waals surface area contributed by atoms with Crippen molar-refractivity contribution < 1.29 is 33.8 Å². The first-order chi connectivity index (χ1) is 20.7. The van der Waals surface area contributed by atoms with Gasteiger partial charge in [-0.2, -0.15) is 0 Å². The molecule has 1 N–H and O–H groups in total. The third kappa shape index (κ3) is 8.07. The molecule has 0 bridgehead atoms. The summed E-state index contributed by atoms with van der Waals surface area (Å²) in [7, 11) is 2.93. The molecule has 13 heteroatoms. The lowest BCUT2D eigenvalue weighted by atomic mass is 10.0. The van der Waals surface area contributed by atoms with Crippen LogP contribution in [0.2, 0.25) is 0 Å². The van der Waals surface area contributed by atoms with Gasteiger partial charge in [0.05, 0.1) is 26.0 Å². The molecule has 1 aromatic heterocycles. The molecule has 0 spiro atoms. The number of esters is 1. The molecule has 1 unspecified atom stereocenters. The van der Waals surface area contributed by atoms with Crippen molar-refractivity contribution in [2.24, 2.45) is 0 Å². The smallest absolute Gasteiger partial charge is 0.323 e. The van der Waals surface area contributed by atoms with Gasteiger partial charge in [0.25, 0.3) is 0 Å². The number of methoxy groups -OCH3 is 1. The molecule has 230 valence electrons. The first kappa shape index (κ1) is 31.4. The molecule has 3 heterocycles. The summed E-state index contributed by atoms with van der Waals surface area (Å²) in [6.45, 7) is 2.09. The van der Waals surface area contributed by atoms with Gasteiger partial charge in [0.1, 0.15) is 12.6 Å². The van der Waals surface area contributed by atoms with E-state index in [0.717, 1.165) is 16.2 Å². The van der Waals surface area contributed by atoms with E-state index in [9.17, 15) is 29.1 Å². The Hall–Kier alpha value is -4.52. The Morgan fingerprint density at radius 3 is 2.30 bits per heavy atom. The SMILES string of the molecule is COC(=O)C[C@H]1C(=O)N(CC(=O)O)CCN1C(=O)C(CC(=O)N1CCN(c2ccncc2)CC1)N(C)Cc1ccccc1. The van der Waals surface area contributed by atoms with Crippen LogP contribution in [-0.4, -0.2) is 131 Å². The Morgan fingerprint density at radius 1 is 1.00 bits per heavy atom. The number of likely N-dealkylation sites (N-methyl/N-ethyl adjacent to an activating group) is 1. The molecule has 0 radical (unpaired) electrons. The maximum absolute atomic E-state index is 14.2. The van der Waals surface area contributed by atoms with Crippen LogP contribution >= 0.6 is 0 Å². The number of nitrogens with zero attached hydrogens (tertiary/aromatic N) is 6. The normalized spacial score (nSPS) is 18.0. The molecule has 2 aliphatic rings. The summed E-state index contributed by atoms with van der Waals surface area (Å²) in [5.74, 6) is -3.20. The quantitative estimate of drug-likeness (QED) is 0.361. The number of carbonyl (C=O) groups excluding carboxylic acids is 4. The van der Waals surface area contributed by atoms with E-state index in [1.165, 1.54) is 12.0 Å². The third-order valence-electron chi connectivity index (χ3n) is 7.90. The Morgan fingerprint density at radius 2 is 1.67 bits per heavy atom. The minimum absolute atomic E-state index is 0.00538. The number of benzene rings is 1. The van der Waals surface area contributed by atoms with Gasteiger partial charge in [0.2, 0.25) is 17.7 Å². The lowest BCUT2D eigenvalue weighted by Crippen LogP contribution is -2.63. The molecule has 13 nitrogen and oxygen atoms in total. The molecule has 2 atom stereocenters. The Labute approximate surface area is 250 Å². The zero-order valence-corrected chi connectivity index (χ0v) is 24.5. The Bertz CT molecular complexity index is 1290. The number of carboxylic acid groups (broad SMARTS) is 1. The number of aliphatic carboxylic acids is 1. The van der Waals surface area contributed by atoms with Gasteiger partial charge in [0.15, 0.2) is 0 Å². The number of hydrogen-bond acceptors (Lipinski definition) is 9. The highest BCUT2D eigenvalue weighted by molar-refractivity contribution is 5.96. The van der Waals surface area contributed by atoms with E-state index in [4.69, 9.17) is 4.74 Å². The predicted octanol–water partition coefficient (Wildman–Crippen LogP) is 0.308. The largest absolute Gasteiger partial charge is 0.480 e. The van der Waals surface area contributed by atoms with Crippen LogP contribution in [0.1, 0.15) is 18.4 Å². The second-order valence-electron chi connectivity index (χ2n) is 10.7. The monoisotopic (exact) mass is 594 g/mol. The third-order valence-corrected chi connectivity index (χ3v) is 7.90. The summed E-state index contributed by atoms with van der Waals surface area (Å²) in [5, 5.41) is 9.26. The van der Waals surface area contributed by atoms with E-state index in [1.807, 2.05) is 42.5 Å². The van der Waals surface area contributed by atoms with Crippen molar-refractivity contribution in [1.29, 1.82) is 0 Å². The summed E-state index contributed by atoms with van der Waals surface area (Å²) in [4.78, 5) is 76.9. The molecule has 2 saturated heterocycles. The van der Waals surface area contributed by atoms with Crippen LogP contribution in [0.5, 0.6) is 0 Å². The number of piperazine rings is 2. The molecule has 2 fully saturated rings. The fraction of sp³-hybridized carbons (Fsp3) is 0.467. The molecule has 3 amide bonds. The number of anilines is 1. The molecule has 2 aliphatic heterocycles. The summed E-state index contributed by atoms with van der Waals surface area (Å²) >= 11 is 0. The second-order valence-corrected chi connectivity index (χ2v) is 10.7. The highest BCUT2D eigenvalue weighted by atomic mass is 16.5. The fourth-order valence-electron chi connectivity index (χ4n) is 5.53. The first-order valence-electron chi connectivity index (χ1n) is 14.2. The lowest BCUT2D eigenvalue weighted by Gasteiger charge is -2.42. The maximum atomic E-state index is 14.2. The number of carboxylic acids is 1. The van der Waals surface area contributed by atoms with Crippen LogP contribution in [0.3, 0.4) is 0 Å². The number of aromatic nitrogens is 1. The highest BCUT2D eigenvalue weighted by Crippen LogP contribution is 2.22. The van der Waals surface area contributed by atoms with Gasteiger partial charge in [-0.05, 0) is 24.7 Å². The Kier molecular flexibility index (Phi) is 10.7. The van der Waals surface area contributed by atoms with Crippen LogP contribution < -0.4 is 4.90 Å². The Balaban J connectivity index is 1.53. The van der Waals surface area contributed by atoms with Gasteiger partial charge in [-0.25, -0.2) is 0 Å². The van der Waals surface area contributed by atoms with Crippen LogP contribution in [0.25, 0.3) is 0 Å². The van der Waals surface area contributed by atoms with Crippen molar-refractivity contribution in [2.45, 2.75) is 31.5 Å². The summed E-state index contributed by atoms with van der Waals surface area (Å²) in [6, 6.07) is 11.2. The summed E-state index contributed by atoms with van der Waals surface area (Å²) in [5.41, 5.74) is 1.97. The maximum Gasteiger partial charge on any atom is 0.323 e. The highest BCUT2D eigenvalue weighted by Gasteiger charge is 2.43. The van der Waals surface area contributed by atoms with E-state index in [0.29, 0.717) is 32.7 Å². The van der Waals surface area contributed by atoms with Crippen molar-refractivity contribution in [3.8, 4) is 0 Å². The fourth-order valence-corrected chi connectivity index (χ4v) is 5.53. The van der Waals surface area contributed by atoms with Crippen molar-refractivity contribution in [2.75, 3.05) is 64.9 Å². The van der Waals surface area contributed by atoms with Gasteiger partial charge in [-0.3, -0.25) is 33.9 Å². The summed E-state index contributed by atoms with van der Waals surface area (Å²) < 4.78 is 4.77. The topological polar surface area (TPSA) is 144 Å². The van der Waals surface area contributed by atoms with Crippen LogP contribution in [0, 0.1) is 0 Å². The standard InChI is InChI=1S/C30H38N6O7/c1-32(20-22-6-4-3-5-7-22)24(18-26(37)34-14-12-33(13-15-34)23-8-10-31-11-9-23)30(42)36-17-16-35(21-27(38)39)29(41)25(36)19-28(40)43-2/h3-11,24-25H,12-21H2,1-2H3,(H,38,39)/t24?,25-/m0/s1. The zero-order valence-electron chi connectivity index (χ0n) is 24.5. The average molecular weight is 595 g/mol. The van der Waals surface area contributed by atoms with E-state index < -0.39 is 48.8 Å². The van der Waals surface area contributed by atoms with Crippen molar-refractivity contribution in [3.05, 3.63) is 60.4 Å². The molecule has 1 aromatic carbocycles. The van der Waals surface area contributed by atoms with Crippen molar-refractivity contribution >= 4 is 35.3 Å². The molecule has 2 aromatic rings. The molecule has 4 rings (SSSR count). The second kappa shape index (κ2) is 14.6. The minimum Gasteiger partial charge on any atom is -0.480 e. The number of ether oxygens (including phenoxy) is 1. The van der Waals surface area contributed by atoms with E-state index in [-0.39, 0.29) is 25.4 Å². The molecule has 0 aliphatic carbocycles. The minimum atomic E-state index is -1.24. The van der Waals surface area contributed by atoms with E-state index >= 15 is 0 Å². The van der Waals surface area contributed by atoms with E-state index in [2.05, 4.69) is 9.88 Å². The van der Waals surface area contributed by atoms with Gasteiger partial charge < -0.3 is 29.4 Å². The summed E-state index contributed by atoms with van der Waals surface area (Å²) in [6.07, 6.45) is 2.92. The van der Waals surface area contributed by atoms with Gasteiger partial charge >= 0.3 is 11.9 Å². The van der Waals surface area contributed by atoms with Crippen LogP contribution in [0.15, 0.2) is 54.9 Å². The van der Waals surface area contributed by atoms with Crippen molar-refractivity contribution in [3.63, 3.8) is 0 Å². The van der Waals surface area contributed by atoms with Crippen LogP contribution in [-0.2, 0) is 35.3 Å². The van der Waals surface area contributed by atoms with Gasteiger partial charge in [0, 0.05) is 63.9 Å². The molecular formula is C30H38N6O7. The molecule has 0 saturated carbocycles. The molecule has 43 heavy (non-hydrogen) atoms. The average Bonchev–Trinajstić information content (AvgIpc) is 3.02. The number of carbonyl (C=O) groups is 5.